The maximum Gasteiger partial charge on any atom is 0.390 e. The summed E-state index contributed by atoms with van der Waals surface area (Å²) < 4.78 is 59.1. The van der Waals surface area contributed by atoms with Crippen LogP contribution in [-0.4, -0.2) is 60.0 Å². The van der Waals surface area contributed by atoms with Gasteiger partial charge in [-0.05, 0) is 6.42 Å². The van der Waals surface area contributed by atoms with E-state index in [1.807, 2.05) is 0 Å². The van der Waals surface area contributed by atoms with Crippen LogP contribution in [0, 0.1) is 0 Å². The summed E-state index contributed by atoms with van der Waals surface area (Å²) in [5.74, 6) is -0.274. The van der Waals surface area contributed by atoms with Crippen LogP contribution < -0.4 is 11.4 Å². The Labute approximate surface area is 155 Å². The number of fused-ring (bicyclic) bond motifs is 1. The van der Waals surface area contributed by atoms with Crippen LogP contribution in [-0.2, 0) is 11.3 Å². The van der Waals surface area contributed by atoms with Crippen molar-refractivity contribution in [1.82, 2.24) is 19.1 Å². The Morgan fingerprint density at radius 1 is 1.43 bits per heavy atom. The molecule has 0 aromatic carbocycles. The topological polar surface area (TPSA) is 128 Å². The SMILES string of the molecule is CCC(O)[C@H]1O[C@@H](n2c(=O)n(CCC(F)(F)F)c3cnc(N)nc32)[C@H](O)[C@H]1F. The molecule has 0 radical (unpaired) electrons. The van der Waals surface area contributed by atoms with Crippen LogP contribution in [0.1, 0.15) is 26.0 Å². The molecule has 1 unspecified atom stereocenters. The summed E-state index contributed by atoms with van der Waals surface area (Å²) in [7, 11) is 0. The van der Waals surface area contributed by atoms with Crippen LogP contribution in [0.3, 0.4) is 0 Å². The molecule has 1 aliphatic heterocycles. The number of ether oxygens (including phenoxy) is 1. The van der Waals surface area contributed by atoms with E-state index in [0.717, 1.165) is 15.3 Å². The van der Waals surface area contributed by atoms with Gasteiger partial charge in [0.1, 0.15) is 17.7 Å². The molecule has 1 fully saturated rings. The number of imidazole rings is 1. The van der Waals surface area contributed by atoms with Crippen molar-refractivity contribution < 1.29 is 32.5 Å². The zero-order valence-corrected chi connectivity index (χ0v) is 14.7. The van der Waals surface area contributed by atoms with Crippen LogP contribution in [0.5, 0.6) is 0 Å². The lowest BCUT2D eigenvalue weighted by molar-refractivity contribution is -0.136. The third kappa shape index (κ3) is 3.56. The van der Waals surface area contributed by atoms with E-state index < -0.39 is 55.5 Å². The summed E-state index contributed by atoms with van der Waals surface area (Å²) in [6, 6.07) is 0. The number of aryl methyl sites for hydroxylation is 1. The summed E-state index contributed by atoms with van der Waals surface area (Å²) in [5, 5.41) is 20.1. The molecular weight excluding hydrogens is 390 g/mol. The molecule has 1 aliphatic rings. The maximum absolute atomic E-state index is 14.4. The Hall–Kier alpha value is -2.25. The van der Waals surface area contributed by atoms with Crippen molar-refractivity contribution in [2.24, 2.45) is 0 Å². The lowest BCUT2D eigenvalue weighted by Crippen LogP contribution is -2.36. The van der Waals surface area contributed by atoms with Crippen molar-refractivity contribution in [2.45, 2.75) is 63.2 Å². The fourth-order valence-corrected chi connectivity index (χ4v) is 3.17. The molecule has 0 bridgehead atoms. The lowest BCUT2D eigenvalue weighted by Gasteiger charge is -2.18. The number of nitrogens with two attached hydrogens (primary N) is 1. The van der Waals surface area contributed by atoms with E-state index in [0.29, 0.717) is 0 Å². The van der Waals surface area contributed by atoms with Gasteiger partial charge in [-0.2, -0.15) is 18.2 Å². The van der Waals surface area contributed by atoms with Gasteiger partial charge < -0.3 is 20.7 Å². The Balaban J connectivity index is 2.09. The second-order valence-corrected chi connectivity index (χ2v) is 6.51. The highest BCUT2D eigenvalue weighted by molar-refractivity contribution is 5.71. The van der Waals surface area contributed by atoms with Crippen molar-refractivity contribution in [3.63, 3.8) is 0 Å². The molecule has 0 saturated carbocycles. The van der Waals surface area contributed by atoms with Gasteiger partial charge in [-0.3, -0.25) is 4.57 Å². The van der Waals surface area contributed by atoms with Crippen molar-refractivity contribution in [3.05, 3.63) is 16.7 Å². The summed E-state index contributed by atoms with van der Waals surface area (Å²) in [6.45, 7) is 0.839. The van der Waals surface area contributed by atoms with Crippen LogP contribution >= 0.6 is 0 Å². The number of rotatable bonds is 5. The summed E-state index contributed by atoms with van der Waals surface area (Å²) in [5.41, 5.74) is 4.23. The highest BCUT2D eigenvalue weighted by Crippen LogP contribution is 2.34. The summed E-state index contributed by atoms with van der Waals surface area (Å²) in [6.07, 6.45) is -12.7. The predicted octanol–water partition coefficient (Wildman–Crippen LogP) is 0.495. The molecule has 9 nitrogen and oxygen atoms in total. The average Bonchev–Trinajstić information content (AvgIpc) is 3.05. The van der Waals surface area contributed by atoms with Crippen molar-refractivity contribution >= 4 is 17.1 Å². The van der Waals surface area contributed by atoms with Crippen molar-refractivity contribution in [3.8, 4) is 0 Å². The predicted molar refractivity (Wildman–Crippen MR) is 88.0 cm³/mol. The van der Waals surface area contributed by atoms with Crippen LogP contribution in [0.2, 0.25) is 0 Å². The Morgan fingerprint density at radius 3 is 2.71 bits per heavy atom. The number of aliphatic hydroxyl groups is 2. The molecule has 156 valence electrons. The van der Waals surface area contributed by atoms with Gasteiger partial charge in [0.2, 0.25) is 5.95 Å². The molecule has 3 heterocycles. The highest BCUT2D eigenvalue weighted by atomic mass is 19.4. The van der Waals surface area contributed by atoms with E-state index in [4.69, 9.17) is 10.5 Å². The first kappa shape index (κ1) is 20.5. The van der Waals surface area contributed by atoms with Gasteiger partial charge in [-0.1, -0.05) is 6.92 Å². The van der Waals surface area contributed by atoms with Gasteiger partial charge in [0.05, 0.1) is 18.7 Å². The third-order valence-corrected chi connectivity index (χ3v) is 4.62. The normalized spacial score (nSPS) is 26.8. The number of hydrogen-bond acceptors (Lipinski definition) is 7. The molecule has 5 atom stereocenters. The van der Waals surface area contributed by atoms with Gasteiger partial charge in [0.15, 0.2) is 18.0 Å². The van der Waals surface area contributed by atoms with E-state index >= 15 is 0 Å². The molecule has 0 amide bonds. The molecule has 2 aromatic heterocycles. The number of nitrogen functional groups attached to an aromatic ring is 1. The van der Waals surface area contributed by atoms with E-state index in [1.165, 1.54) is 0 Å². The van der Waals surface area contributed by atoms with Crippen molar-refractivity contribution in [1.29, 1.82) is 0 Å². The smallest absolute Gasteiger partial charge is 0.390 e. The number of hydrogen-bond donors (Lipinski definition) is 3. The highest BCUT2D eigenvalue weighted by Gasteiger charge is 2.49. The molecule has 2 aromatic rings. The second kappa shape index (κ2) is 7.29. The zero-order valence-electron chi connectivity index (χ0n) is 14.7. The van der Waals surface area contributed by atoms with Gasteiger partial charge in [-0.15, -0.1) is 0 Å². The van der Waals surface area contributed by atoms with Gasteiger partial charge in [-0.25, -0.2) is 18.7 Å². The molecule has 4 N–H and O–H groups in total. The first-order valence-electron chi connectivity index (χ1n) is 8.50. The fraction of sp³-hybridized carbons (Fsp3) is 0.667. The number of anilines is 1. The minimum atomic E-state index is -4.52. The van der Waals surface area contributed by atoms with E-state index in [9.17, 15) is 32.6 Å². The minimum absolute atomic E-state index is 0.0749. The van der Waals surface area contributed by atoms with Crippen LogP contribution in [0.25, 0.3) is 11.2 Å². The molecule has 1 saturated heterocycles. The van der Waals surface area contributed by atoms with Crippen LogP contribution in [0.4, 0.5) is 23.5 Å². The Bertz CT molecular complexity index is 914. The second-order valence-electron chi connectivity index (χ2n) is 6.51. The van der Waals surface area contributed by atoms with E-state index in [1.54, 1.807) is 6.92 Å². The first-order valence-corrected chi connectivity index (χ1v) is 8.50. The zero-order chi connectivity index (χ0) is 20.8. The maximum atomic E-state index is 14.4. The number of aliphatic hydroxyl groups excluding tert-OH is 2. The summed E-state index contributed by atoms with van der Waals surface area (Å²) >= 11 is 0. The number of alkyl halides is 4. The standard InChI is InChI=1S/C15H19F4N5O4/c1-2-7(25)10-8(16)9(26)12(28-10)24-11-6(5-21-13(20)22-11)23(14(24)27)4-3-15(17,18)19/h5,7-10,12,25-26H,2-4H2,1H3,(H2,20,21,22)/t7?,8-,9-,10-,12-/m1/s1. The molecule has 28 heavy (non-hydrogen) atoms. The number of aromatic nitrogens is 4. The average molecular weight is 409 g/mol. The summed E-state index contributed by atoms with van der Waals surface area (Å²) in [4.78, 5) is 20.3. The molecule has 0 aliphatic carbocycles. The molecule has 3 rings (SSSR count). The molecule has 13 heteroatoms. The quantitative estimate of drug-likeness (QED) is 0.613. The number of nitrogens with zero attached hydrogens (tertiary/aromatic N) is 4. The van der Waals surface area contributed by atoms with Gasteiger partial charge in [0.25, 0.3) is 0 Å². The monoisotopic (exact) mass is 409 g/mol. The molecule has 0 spiro atoms. The largest absolute Gasteiger partial charge is 0.390 e. The minimum Gasteiger partial charge on any atom is -0.390 e. The van der Waals surface area contributed by atoms with Crippen LogP contribution in [0.15, 0.2) is 11.0 Å². The molecular formula is C15H19F4N5O4. The van der Waals surface area contributed by atoms with Gasteiger partial charge >= 0.3 is 11.9 Å². The Kier molecular flexibility index (Phi) is 5.34. The first-order chi connectivity index (χ1) is 13.0. The number of halogens is 4. The third-order valence-electron chi connectivity index (χ3n) is 4.62. The van der Waals surface area contributed by atoms with E-state index in [-0.39, 0.29) is 23.5 Å². The lowest BCUT2D eigenvalue weighted by atomic mass is 10.1. The fourth-order valence-electron chi connectivity index (χ4n) is 3.17. The van der Waals surface area contributed by atoms with Crippen molar-refractivity contribution in [2.75, 3.05) is 5.73 Å². The Morgan fingerprint density at radius 2 is 2.11 bits per heavy atom. The van der Waals surface area contributed by atoms with Gasteiger partial charge in [0, 0.05) is 6.54 Å². The van der Waals surface area contributed by atoms with E-state index in [2.05, 4.69) is 9.97 Å².